The first-order valence-electron chi connectivity index (χ1n) is 5.28. The second-order valence-corrected chi connectivity index (χ2v) is 3.82. The van der Waals surface area contributed by atoms with Crippen LogP contribution in [0.15, 0.2) is 12.1 Å². The van der Waals surface area contributed by atoms with E-state index in [2.05, 4.69) is 0 Å². The molecule has 0 unspecified atom stereocenters. The predicted molar refractivity (Wildman–Crippen MR) is 61.7 cm³/mol. The molecule has 1 aromatic rings. The molecule has 0 aromatic heterocycles. The summed E-state index contributed by atoms with van der Waals surface area (Å²) in [4.78, 5) is 11.7. The highest BCUT2D eigenvalue weighted by Gasteiger charge is 2.10. The summed E-state index contributed by atoms with van der Waals surface area (Å²) in [5.74, 6) is 1.09. The number of carbonyl (C=O) groups is 1. The van der Waals surface area contributed by atoms with Crippen LogP contribution in [0, 0.1) is 13.8 Å². The van der Waals surface area contributed by atoms with Crippen molar-refractivity contribution in [2.24, 2.45) is 0 Å². The normalized spacial score (nSPS) is 10.1. The minimum Gasteiger partial charge on any atom is -0.496 e. The number of rotatable bonds is 4. The lowest BCUT2D eigenvalue weighted by molar-refractivity contribution is 0.0981. The Bertz CT molecular complexity index is 344. The lowest BCUT2D eigenvalue weighted by atomic mass is 10.0. The highest BCUT2D eigenvalue weighted by atomic mass is 16.5. The summed E-state index contributed by atoms with van der Waals surface area (Å²) in [7, 11) is 1.66. The van der Waals surface area contributed by atoms with Crippen LogP contribution in [0.25, 0.3) is 0 Å². The molecule has 1 aromatic carbocycles. The van der Waals surface area contributed by atoms with Gasteiger partial charge >= 0.3 is 0 Å². The smallest absolute Gasteiger partial charge is 0.162 e. The first-order valence-corrected chi connectivity index (χ1v) is 5.28. The van der Waals surface area contributed by atoms with Crippen molar-refractivity contribution >= 4 is 5.78 Å². The molecule has 0 heterocycles. The zero-order valence-corrected chi connectivity index (χ0v) is 9.89. The molecule has 82 valence electrons. The SMILES string of the molecule is CCCC(=O)c1cc(C)c(OC)c(C)c1. The van der Waals surface area contributed by atoms with Crippen molar-refractivity contribution < 1.29 is 9.53 Å². The van der Waals surface area contributed by atoms with Crippen molar-refractivity contribution in [3.63, 3.8) is 0 Å². The van der Waals surface area contributed by atoms with Crippen molar-refractivity contribution in [2.45, 2.75) is 33.6 Å². The van der Waals surface area contributed by atoms with E-state index in [1.807, 2.05) is 32.9 Å². The molecule has 0 fully saturated rings. The molecule has 0 saturated heterocycles. The van der Waals surface area contributed by atoms with E-state index in [9.17, 15) is 4.79 Å². The van der Waals surface area contributed by atoms with Gasteiger partial charge in [-0.3, -0.25) is 4.79 Å². The zero-order chi connectivity index (χ0) is 11.4. The summed E-state index contributed by atoms with van der Waals surface area (Å²) >= 11 is 0. The van der Waals surface area contributed by atoms with Crippen molar-refractivity contribution in [3.8, 4) is 5.75 Å². The van der Waals surface area contributed by atoms with Gasteiger partial charge in [-0.1, -0.05) is 6.92 Å². The molecule has 2 heteroatoms. The topological polar surface area (TPSA) is 26.3 Å². The van der Waals surface area contributed by atoms with Crippen LogP contribution in [0.1, 0.15) is 41.3 Å². The van der Waals surface area contributed by atoms with E-state index in [0.29, 0.717) is 6.42 Å². The number of ether oxygens (including phenoxy) is 1. The van der Waals surface area contributed by atoms with Crippen LogP contribution in [0.5, 0.6) is 5.75 Å². The van der Waals surface area contributed by atoms with Gasteiger partial charge in [0, 0.05) is 12.0 Å². The average molecular weight is 206 g/mol. The summed E-state index contributed by atoms with van der Waals surface area (Å²) in [6.45, 7) is 5.95. The van der Waals surface area contributed by atoms with Gasteiger partial charge in [-0.15, -0.1) is 0 Å². The number of Topliss-reactive ketones (excluding diaryl/α,β-unsaturated/α-hetero) is 1. The molecule has 1 rings (SSSR count). The summed E-state index contributed by atoms with van der Waals surface area (Å²) in [6, 6.07) is 3.81. The molecular weight excluding hydrogens is 188 g/mol. The molecule has 2 nitrogen and oxygen atoms in total. The second-order valence-electron chi connectivity index (χ2n) is 3.82. The Labute approximate surface area is 91.3 Å². The number of hydrogen-bond acceptors (Lipinski definition) is 2. The van der Waals surface area contributed by atoms with Crippen molar-refractivity contribution in [2.75, 3.05) is 7.11 Å². The Hall–Kier alpha value is -1.31. The Kier molecular flexibility index (Phi) is 3.89. The number of ketones is 1. The summed E-state index contributed by atoms with van der Waals surface area (Å²) in [6.07, 6.45) is 1.51. The van der Waals surface area contributed by atoms with Gasteiger partial charge in [0.2, 0.25) is 0 Å². The van der Waals surface area contributed by atoms with Crippen LogP contribution >= 0.6 is 0 Å². The Morgan fingerprint density at radius 1 is 1.27 bits per heavy atom. The second kappa shape index (κ2) is 4.96. The van der Waals surface area contributed by atoms with Gasteiger partial charge < -0.3 is 4.74 Å². The third-order valence-corrected chi connectivity index (χ3v) is 2.46. The fraction of sp³-hybridized carbons (Fsp3) is 0.462. The molecule has 0 bridgehead atoms. The first-order chi connectivity index (χ1) is 7.10. The maximum Gasteiger partial charge on any atom is 0.162 e. The molecule has 0 aliphatic heterocycles. The van der Waals surface area contributed by atoms with Crippen LogP contribution in [0.2, 0.25) is 0 Å². The summed E-state index contributed by atoms with van der Waals surface area (Å²) in [5.41, 5.74) is 2.85. The van der Waals surface area contributed by atoms with Crippen LogP contribution in [-0.4, -0.2) is 12.9 Å². The van der Waals surface area contributed by atoms with Crippen molar-refractivity contribution in [3.05, 3.63) is 28.8 Å². The summed E-state index contributed by atoms with van der Waals surface area (Å²) in [5, 5.41) is 0. The van der Waals surface area contributed by atoms with E-state index in [-0.39, 0.29) is 5.78 Å². The first kappa shape index (κ1) is 11.8. The summed E-state index contributed by atoms with van der Waals surface area (Å²) < 4.78 is 5.26. The molecule has 15 heavy (non-hydrogen) atoms. The van der Waals surface area contributed by atoms with Gasteiger partial charge in [0.05, 0.1) is 7.11 Å². The monoisotopic (exact) mass is 206 g/mol. The molecule has 0 atom stereocenters. The number of benzene rings is 1. The minimum absolute atomic E-state index is 0.214. The molecule has 0 spiro atoms. The third kappa shape index (κ3) is 2.58. The van der Waals surface area contributed by atoms with E-state index in [4.69, 9.17) is 4.74 Å². The standard InChI is InChI=1S/C13H18O2/c1-5-6-12(14)11-7-9(2)13(15-4)10(3)8-11/h7-8H,5-6H2,1-4H3. The Morgan fingerprint density at radius 2 is 1.80 bits per heavy atom. The van der Waals surface area contributed by atoms with Crippen LogP contribution < -0.4 is 4.74 Å². The lowest BCUT2D eigenvalue weighted by Crippen LogP contribution is -2.01. The maximum atomic E-state index is 11.7. The molecular formula is C13H18O2. The maximum absolute atomic E-state index is 11.7. The zero-order valence-electron chi connectivity index (χ0n) is 9.89. The van der Waals surface area contributed by atoms with Gasteiger partial charge in [0.15, 0.2) is 5.78 Å². The van der Waals surface area contributed by atoms with E-state index >= 15 is 0 Å². The number of carbonyl (C=O) groups excluding carboxylic acids is 1. The number of methoxy groups -OCH3 is 1. The van der Waals surface area contributed by atoms with E-state index in [1.54, 1.807) is 7.11 Å². The lowest BCUT2D eigenvalue weighted by Gasteiger charge is -2.10. The Morgan fingerprint density at radius 3 is 2.20 bits per heavy atom. The largest absolute Gasteiger partial charge is 0.496 e. The highest BCUT2D eigenvalue weighted by Crippen LogP contribution is 2.24. The van der Waals surface area contributed by atoms with E-state index in [1.165, 1.54) is 0 Å². The fourth-order valence-corrected chi connectivity index (χ4v) is 1.80. The van der Waals surface area contributed by atoms with Gasteiger partial charge in [-0.25, -0.2) is 0 Å². The van der Waals surface area contributed by atoms with Gasteiger partial charge in [0.1, 0.15) is 5.75 Å². The van der Waals surface area contributed by atoms with E-state index in [0.717, 1.165) is 28.9 Å². The van der Waals surface area contributed by atoms with Crippen molar-refractivity contribution in [1.82, 2.24) is 0 Å². The molecule has 0 aliphatic carbocycles. The van der Waals surface area contributed by atoms with Crippen molar-refractivity contribution in [1.29, 1.82) is 0 Å². The quantitative estimate of drug-likeness (QED) is 0.706. The Balaban J connectivity index is 3.08. The highest BCUT2D eigenvalue weighted by molar-refractivity contribution is 5.96. The average Bonchev–Trinajstić information content (AvgIpc) is 2.17. The van der Waals surface area contributed by atoms with Crippen LogP contribution in [0.3, 0.4) is 0 Å². The van der Waals surface area contributed by atoms with E-state index < -0.39 is 0 Å². The fourth-order valence-electron chi connectivity index (χ4n) is 1.80. The van der Waals surface area contributed by atoms with Gasteiger partial charge in [-0.2, -0.15) is 0 Å². The molecule has 0 aliphatic rings. The molecule has 0 saturated carbocycles. The number of aryl methyl sites for hydroxylation is 2. The molecule has 0 radical (unpaired) electrons. The predicted octanol–water partition coefficient (Wildman–Crippen LogP) is 3.29. The molecule has 0 amide bonds. The third-order valence-electron chi connectivity index (χ3n) is 2.46. The number of hydrogen-bond donors (Lipinski definition) is 0. The van der Waals surface area contributed by atoms with Crippen LogP contribution in [-0.2, 0) is 0 Å². The molecule has 0 N–H and O–H groups in total. The van der Waals surface area contributed by atoms with Crippen LogP contribution in [0.4, 0.5) is 0 Å². The van der Waals surface area contributed by atoms with Gasteiger partial charge in [0.25, 0.3) is 0 Å². The minimum atomic E-state index is 0.214. The van der Waals surface area contributed by atoms with Gasteiger partial charge in [-0.05, 0) is 43.5 Å².